The normalized spacial score (nSPS) is 9.82. The van der Waals surface area contributed by atoms with Crippen LogP contribution in [0.3, 0.4) is 0 Å². The summed E-state index contributed by atoms with van der Waals surface area (Å²) in [5.41, 5.74) is 1.44. The molecule has 92 valence electrons. The number of carbonyl (C=O) groups excluding carboxylic acids is 2. The molecule has 0 aliphatic rings. The van der Waals surface area contributed by atoms with Crippen molar-refractivity contribution in [3.63, 3.8) is 0 Å². The van der Waals surface area contributed by atoms with E-state index in [0.29, 0.717) is 5.56 Å². The first kappa shape index (κ1) is 13.2. The van der Waals surface area contributed by atoms with Gasteiger partial charge in [0.2, 0.25) is 0 Å². The predicted octanol–water partition coefficient (Wildman–Crippen LogP) is 0.745. The monoisotopic (exact) mass is 236 g/mol. The molecule has 0 aliphatic heterocycles. The third kappa shape index (κ3) is 3.57. The number of benzene rings is 1. The lowest BCUT2D eigenvalue weighted by Crippen LogP contribution is -2.37. The van der Waals surface area contributed by atoms with E-state index in [-0.39, 0.29) is 18.4 Å². The van der Waals surface area contributed by atoms with Crippen LogP contribution in [0.2, 0.25) is 0 Å². The van der Waals surface area contributed by atoms with Gasteiger partial charge in [-0.05, 0) is 18.6 Å². The van der Waals surface area contributed by atoms with Crippen molar-refractivity contribution in [1.82, 2.24) is 10.4 Å². The van der Waals surface area contributed by atoms with Gasteiger partial charge in [0.05, 0.1) is 13.7 Å². The molecule has 1 N–H and O–H groups in total. The molecule has 0 aromatic heterocycles. The second kappa shape index (κ2) is 6.00. The molecular weight excluding hydrogens is 220 g/mol. The number of nitrogens with zero attached hydrogens (tertiary/aromatic N) is 1. The third-order valence-corrected chi connectivity index (χ3v) is 2.41. The molecule has 0 aliphatic carbocycles. The highest BCUT2D eigenvalue weighted by atomic mass is 16.7. The Hall–Kier alpha value is -1.88. The Labute approximate surface area is 100 Å². The molecule has 0 radical (unpaired) electrons. The molecule has 0 spiro atoms. The van der Waals surface area contributed by atoms with Crippen LogP contribution in [0.1, 0.15) is 15.9 Å². The van der Waals surface area contributed by atoms with Gasteiger partial charge in [0.15, 0.2) is 0 Å². The molecule has 0 unspecified atom stereocenters. The van der Waals surface area contributed by atoms with E-state index in [1.807, 2.05) is 19.1 Å². The summed E-state index contributed by atoms with van der Waals surface area (Å²) >= 11 is 0. The Morgan fingerprint density at radius 3 is 2.59 bits per heavy atom. The Morgan fingerprint density at radius 1 is 1.35 bits per heavy atom. The lowest BCUT2D eigenvalue weighted by Gasteiger charge is -2.14. The van der Waals surface area contributed by atoms with Crippen molar-refractivity contribution in [2.45, 2.75) is 6.92 Å². The van der Waals surface area contributed by atoms with Crippen molar-refractivity contribution in [3.8, 4) is 0 Å². The molecule has 0 bridgehead atoms. The van der Waals surface area contributed by atoms with E-state index in [1.54, 1.807) is 12.1 Å². The molecule has 0 heterocycles. The number of aryl methyl sites for hydroxylation is 1. The van der Waals surface area contributed by atoms with E-state index < -0.39 is 0 Å². The Balaban J connectivity index is 2.57. The van der Waals surface area contributed by atoms with Gasteiger partial charge in [-0.2, -0.15) is 0 Å². The molecule has 1 aromatic carbocycles. The lowest BCUT2D eigenvalue weighted by molar-refractivity contribution is -0.167. The van der Waals surface area contributed by atoms with Crippen molar-refractivity contribution >= 4 is 11.8 Å². The molecule has 1 aromatic rings. The van der Waals surface area contributed by atoms with E-state index >= 15 is 0 Å². The maximum Gasteiger partial charge on any atom is 0.265 e. The Kier molecular flexibility index (Phi) is 4.66. The van der Waals surface area contributed by atoms with Gasteiger partial charge >= 0.3 is 0 Å². The maximum atomic E-state index is 11.8. The van der Waals surface area contributed by atoms with Crippen molar-refractivity contribution in [2.75, 3.05) is 20.7 Å². The number of amides is 2. The van der Waals surface area contributed by atoms with Crippen LogP contribution in [0.4, 0.5) is 0 Å². The molecule has 2 amide bonds. The average Bonchev–Trinajstić information content (AvgIpc) is 2.35. The number of hydrogen-bond acceptors (Lipinski definition) is 3. The second-order valence-electron chi connectivity index (χ2n) is 3.57. The van der Waals surface area contributed by atoms with Crippen molar-refractivity contribution in [2.24, 2.45) is 0 Å². The zero-order valence-electron chi connectivity index (χ0n) is 10.2. The van der Waals surface area contributed by atoms with Crippen LogP contribution in [0.15, 0.2) is 24.3 Å². The number of hydrogen-bond donors (Lipinski definition) is 1. The minimum absolute atomic E-state index is 0.0858. The average molecular weight is 236 g/mol. The number of carbonyl (C=O) groups is 2. The fourth-order valence-electron chi connectivity index (χ4n) is 1.29. The molecule has 0 saturated carbocycles. The fourth-order valence-corrected chi connectivity index (χ4v) is 1.29. The number of rotatable bonds is 4. The summed E-state index contributed by atoms with van der Waals surface area (Å²) in [6, 6.07) is 7.20. The van der Waals surface area contributed by atoms with Gasteiger partial charge in [0, 0.05) is 12.6 Å². The summed E-state index contributed by atoms with van der Waals surface area (Å²) in [5.74, 6) is -0.574. The first-order valence-corrected chi connectivity index (χ1v) is 5.20. The highest BCUT2D eigenvalue weighted by molar-refractivity contribution is 5.97. The lowest BCUT2D eigenvalue weighted by atomic mass is 10.1. The van der Waals surface area contributed by atoms with Gasteiger partial charge in [-0.25, -0.2) is 5.06 Å². The Bertz CT molecular complexity index is 418. The van der Waals surface area contributed by atoms with E-state index in [0.717, 1.165) is 10.6 Å². The van der Waals surface area contributed by atoms with Crippen LogP contribution in [0.25, 0.3) is 0 Å². The third-order valence-electron chi connectivity index (χ3n) is 2.41. The van der Waals surface area contributed by atoms with Gasteiger partial charge in [-0.15, -0.1) is 0 Å². The zero-order chi connectivity index (χ0) is 12.8. The first-order chi connectivity index (χ1) is 8.06. The van der Waals surface area contributed by atoms with Gasteiger partial charge in [-0.3, -0.25) is 14.4 Å². The maximum absolute atomic E-state index is 11.8. The predicted molar refractivity (Wildman–Crippen MR) is 63.3 cm³/mol. The summed E-state index contributed by atoms with van der Waals surface area (Å²) in [4.78, 5) is 27.8. The van der Waals surface area contributed by atoms with Crippen molar-refractivity contribution < 1.29 is 14.4 Å². The molecule has 0 fully saturated rings. The zero-order valence-corrected chi connectivity index (χ0v) is 10.2. The molecule has 5 nitrogen and oxygen atoms in total. The summed E-state index contributed by atoms with van der Waals surface area (Å²) < 4.78 is 0. The van der Waals surface area contributed by atoms with Gasteiger partial charge < -0.3 is 5.32 Å². The van der Waals surface area contributed by atoms with Gasteiger partial charge in [0.1, 0.15) is 0 Å². The van der Waals surface area contributed by atoms with Crippen molar-refractivity contribution in [1.29, 1.82) is 0 Å². The number of nitrogens with one attached hydrogen (secondary N) is 1. The smallest absolute Gasteiger partial charge is 0.265 e. The van der Waals surface area contributed by atoms with Crippen LogP contribution >= 0.6 is 0 Å². The van der Waals surface area contributed by atoms with Crippen molar-refractivity contribution in [3.05, 3.63) is 35.4 Å². The number of hydroxylamine groups is 2. The van der Waals surface area contributed by atoms with E-state index in [4.69, 9.17) is 4.84 Å². The Morgan fingerprint density at radius 2 is 2.00 bits per heavy atom. The minimum atomic E-state index is -0.311. The van der Waals surface area contributed by atoms with Crippen LogP contribution in [0.5, 0.6) is 0 Å². The molecule has 0 saturated heterocycles. The summed E-state index contributed by atoms with van der Waals surface area (Å²) in [5, 5.41) is 3.61. The number of likely N-dealkylation sites (N-methyl/N-ethyl adjacent to an activating group) is 1. The van der Waals surface area contributed by atoms with Crippen LogP contribution in [0, 0.1) is 6.92 Å². The van der Waals surface area contributed by atoms with Gasteiger partial charge in [-0.1, -0.05) is 18.2 Å². The summed E-state index contributed by atoms with van der Waals surface area (Å²) in [7, 11) is 2.88. The molecule has 1 rings (SSSR count). The topological polar surface area (TPSA) is 58.6 Å². The summed E-state index contributed by atoms with van der Waals surface area (Å²) in [6.45, 7) is 1.76. The second-order valence-corrected chi connectivity index (χ2v) is 3.57. The first-order valence-electron chi connectivity index (χ1n) is 5.20. The van der Waals surface area contributed by atoms with E-state index in [1.165, 1.54) is 14.2 Å². The highest BCUT2D eigenvalue weighted by Gasteiger charge is 2.12. The molecule has 5 heteroatoms. The molecule has 0 atom stereocenters. The molecule has 17 heavy (non-hydrogen) atoms. The van der Waals surface area contributed by atoms with E-state index in [2.05, 4.69) is 5.32 Å². The van der Waals surface area contributed by atoms with E-state index in [9.17, 15) is 9.59 Å². The molecular formula is C12H16N2O3. The van der Waals surface area contributed by atoms with Crippen LogP contribution in [-0.4, -0.2) is 37.6 Å². The van der Waals surface area contributed by atoms with Crippen LogP contribution in [-0.2, 0) is 9.63 Å². The minimum Gasteiger partial charge on any atom is -0.343 e. The summed E-state index contributed by atoms with van der Waals surface area (Å²) in [6.07, 6.45) is 0. The highest BCUT2D eigenvalue weighted by Crippen LogP contribution is 2.06. The van der Waals surface area contributed by atoms with Crippen LogP contribution < -0.4 is 5.32 Å². The standard InChI is InChI=1S/C12H16N2O3/c1-9-6-4-5-7-10(9)12(16)13-8-11(15)14(2)17-3/h4-7H,8H2,1-3H3,(H,13,16). The van der Waals surface area contributed by atoms with Gasteiger partial charge in [0.25, 0.3) is 11.8 Å². The SMILES string of the molecule is CON(C)C(=O)CNC(=O)c1ccccc1C. The largest absolute Gasteiger partial charge is 0.343 e. The fraction of sp³-hybridized carbons (Fsp3) is 0.333. The quantitative estimate of drug-likeness (QED) is 0.785.